The third-order valence-corrected chi connectivity index (χ3v) is 2.70. The molecule has 0 bridgehead atoms. The van der Waals surface area contributed by atoms with Gasteiger partial charge < -0.3 is 16.4 Å². The molecule has 0 aliphatic heterocycles. The Morgan fingerprint density at radius 3 is 2.76 bits per heavy atom. The summed E-state index contributed by atoms with van der Waals surface area (Å²) in [5, 5.41) is 0.597. The van der Waals surface area contributed by atoms with Crippen LogP contribution in [-0.2, 0) is 4.79 Å². The van der Waals surface area contributed by atoms with Gasteiger partial charge in [-0.05, 0) is 24.6 Å². The molecule has 4 N–H and O–H groups in total. The number of unbranched alkanes of at least 4 members (excludes halogenated alkanes) is 1. The van der Waals surface area contributed by atoms with Crippen molar-refractivity contribution in [2.45, 2.75) is 19.8 Å². The SMILES string of the molecule is CCCCN(CC(N)=O)c1cc(Cl)ccc1N. The summed E-state index contributed by atoms with van der Waals surface area (Å²) in [6.45, 7) is 2.98. The fraction of sp³-hybridized carbons (Fsp3) is 0.417. The number of rotatable bonds is 6. The summed E-state index contributed by atoms with van der Waals surface area (Å²) in [4.78, 5) is 12.9. The van der Waals surface area contributed by atoms with E-state index < -0.39 is 0 Å². The van der Waals surface area contributed by atoms with Crippen LogP contribution in [0.15, 0.2) is 18.2 Å². The molecule has 0 aliphatic carbocycles. The smallest absolute Gasteiger partial charge is 0.236 e. The molecule has 0 saturated carbocycles. The summed E-state index contributed by atoms with van der Waals surface area (Å²) in [5.41, 5.74) is 12.5. The monoisotopic (exact) mass is 255 g/mol. The minimum Gasteiger partial charge on any atom is -0.397 e. The third kappa shape index (κ3) is 4.15. The highest BCUT2D eigenvalue weighted by molar-refractivity contribution is 6.31. The molecule has 1 rings (SSSR count). The summed E-state index contributed by atoms with van der Waals surface area (Å²) in [7, 11) is 0. The van der Waals surface area contributed by atoms with Crippen LogP contribution in [0.1, 0.15) is 19.8 Å². The Morgan fingerprint density at radius 2 is 2.18 bits per heavy atom. The number of hydrogen-bond acceptors (Lipinski definition) is 3. The van der Waals surface area contributed by atoms with E-state index >= 15 is 0 Å². The van der Waals surface area contributed by atoms with Crippen LogP contribution in [0.3, 0.4) is 0 Å². The van der Waals surface area contributed by atoms with Crippen LogP contribution < -0.4 is 16.4 Å². The van der Waals surface area contributed by atoms with E-state index in [0.717, 1.165) is 25.1 Å². The Balaban J connectivity index is 2.93. The minimum absolute atomic E-state index is 0.157. The molecule has 1 amide bonds. The van der Waals surface area contributed by atoms with E-state index in [9.17, 15) is 4.79 Å². The Hall–Kier alpha value is -1.42. The van der Waals surface area contributed by atoms with Gasteiger partial charge in [0.15, 0.2) is 0 Å². The van der Waals surface area contributed by atoms with Crippen molar-refractivity contribution in [3.63, 3.8) is 0 Å². The number of primary amides is 1. The van der Waals surface area contributed by atoms with E-state index in [2.05, 4.69) is 6.92 Å². The largest absolute Gasteiger partial charge is 0.397 e. The van der Waals surface area contributed by atoms with Gasteiger partial charge in [0, 0.05) is 11.6 Å². The second kappa shape index (κ2) is 6.35. The maximum absolute atomic E-state index is 11.0. The summed E-state index contributed by atoms with van der Waals surface area (Å²) >= 11 is 5.93. The lowest BCUT2D eigenvalue weighted by molar-refractivity contribution is -0.116. The minimum atomic E-state index is -0.375. The summed E-state index contributed by atoms with van der Waals surface area (Å²) in [6.07, 6.45) is 2.01. The zero-order valence-electron chi connectivity index (χ0n) is 9.95. The molecule has 0 fully saturated rings. The number of benzene rings is 1. The van der Waals surface area contributed by atoms with Crippen molar-refractivity contribution in [3.8, 4) is 0 Å². The Morgan fingerprint density at radius 1 is 1.47 bits per heavy atom. The van der Waals surface area contributed by atoms with Crippen LogP contribution in [0, 0.1) is 0 Å². The second-order valence-corrected chi connectivity index (χ2v) is 4.38. The van der Waals surface area contributed by atoms with E-state index in [4.69, 9.17) is 23.1 Å². The molecule has 17 heavy (non-hydrogen) atoms. The molecule has 0 saturated heterocycles. The van der Waals surface area contributed by atoms with Crippen molar-refractivity contribution in [3.05, 3.63) is 23.2 Å². The average Bonchev–Trinajstić information content (AvgIpc) is 2.27. The highest BCUT2D eigenvalue weighted by Gasteiger charge is 2.12. The Labute approximate surface area is 107 Å². The average molecular weight is 256 g/mol. The Bertz CT molecular complexity index is 395. The van der Waals surface area contributed by atoms with Crippen LogP contribution >= 0.6 is 11.6 Å². The van der Waals surface area contributed by atoms with Crippen LogP contribution in [0.25, 0.3) is 0 Å². The van der Waals surface area contributed by atoms with Gasteiger partial charge in [0.2, 0.25) is 5.91 Å². The molecule has 4 nitrogen and oxygen atoms in total. The number of nitrogen functional groups attached to an aromatic ring is 1. The van der Waals surface area contributed by atoms with Crippen molar-refractivity contribution in [1.29, 1.82) is 0 Å². The van der Waals surface area contributed by atoms with Gasteiger partial charge in [-0.2, -0.15) is 0 Å². The van der Waals surface area contributed by atoms with Gasteiger partial charge in [-0.1, -0.05) is 24.9 Å². The first-order valence-corrected chi connectivity index (χ1v) is 6.00. The molecule has 0 aromatic heterocycles. The maximum atomic E-state index is 11.0. The van der Waals surface area contributed by atoms with Crippen molar-refractivity contribution in [2.75, 3.05) is 23.7 Å². The lowest BCUT2D eigenvalue weighted by Crippen LogP contribution is -2.35. The molecule has 0 radical (unpaired) electrons. The van der Waals surface area contributed by atoms with Crippen LogP contribution in [-0.4, -0.2) is 19.0 Å². The predicted molar refractivity (Wildman–Crippen MR) is 72.2 cm³/mol. The number of nitrogens with zero attached hydrogens (tertiary/aromatic N) is 1. The van der Waals surface area contributed by atoms with Gasteiger partial charge in [-0.3, -0.25) is 4.79 Å². The predicted octanol–water partition coefficient (Wildman–Crippen LogP) is 2.01. The van der Waals surface area contributed by atoms with Crippen molar-refractivity contribution < 1.29 is 4.79 Å². The first-order chi connectivity index (χ1) is 8.04. The van der Waals surface area contributed by atoms with Crippen molar-refractivity contribution in [1.82, 2.24) is 0 Å². The van der Waals surface area contributed by atoms with Crippen LogP contribution in [0.5, 0.6) is 0 Å². The highest BCUT2D eigenvalue weighted by atomic mass is 35.5. The quantitative estimate of drug-likeness (QED) is 0.764. The third-order valence-electron chi connectivity index (χ3n) is 2.46. The van der Waals surface area contributed by atoms with Gasteiger partial charge in [0.05, 0.1) is 17.9 Å². The number of anilines is 2. The number of hydrogen-bond donors (Lipinski definition) is 2. The molecular weight excluding hydrogens is 238 g/mol. The van der Waals surface area contributed by atoms with E-state index in [0.29, 0.717) is 10.7 Å². The zero-order valence-corrected chi connectivity index (χ0v) is 10.7. The molecule has 1 aromatic carbocycles. The topological polar surface area (TPSA) is 72.3 Å². The van der Waals surface area contributed by atoms with Crippen molar-refractivity contribution in [2.24, 2.45) is 5.73 Å². The number of nitrogens with two attached hydrogens (primary N) is 2. The lowest BCUT2D eigenvalue weighted by atomic mass is 10.2. The second-order valence-electron chi connectivity index (χ2n) is 3.94. The van der Waals surface area contributed by atoms with Crippen molar-refractivity contribution >= 4 is 28.9 Å². The summed E-state index contributed by atoms with van der Waals surface area (Å²) < 4.78 is 0. The molecule has 0 unspecified atom stereocenters. The molecule has 0 spiro atoms. The van der Waals surface area contributed by atoms with E-state index in [1.165, 1.54) is 0 Å². The number of halogens is 1. The van der Waals surface area contributed by atoms with Gasteiger partial charge in [-0.25, -0.2) is 0 Å². The van der Waals surface area contributed by atoms with Gasteiger partial charge in [0.1, 0.15) is 0 Å². The first-order valence-electron chi connectivity index (χ1n) is 5.63. The molecule has 0 heterocycles. The van der Waals surface area contributed by atoms with Gasteiger partial charge in [0.25, 0.3) is 0 Å². The van der Waals surface area contributed by atoms with Crippen LogP contribution in [0.4, 0.5) is 11.4 Å². The van der Waals surface area contributed by atoms with Gasteiger partial charge in [-0.15, -0.1) is 0 Å². The molecule has 0 aliphatic rings. The molecule has 1 aromatic rings. The fourth-order valence-corrected chi connectivity index (χ4v) is 1.78. The number of amides is 1. The summed E-state index contributed by atoms with van der Waals surface area (Å²) in [5.74, 6) is -0.375. The van der Waals surface area contributed by atoms with Gasteiger partial charge >= 0.3 is 0 Å². The Kier molecular flexibility index (Phi) is 5.10. The molecule has 94 valence electrons. The van der Waals surface area contributed by atoms with E-state index in [-0.39, 0.29) is 12.5 Å². The highest BCUT2D eigenvalue weighted by Crippen LogP contribution is 2.27. The lowest BCUT2D eigenvalue weighted by Gasteiger charge is -2.24. The summed E-state index contributed by atoms with van der Waals surface area (Å²) in [6, 6.07) is 5.22. The number of carbonyl (C=O) groups is 1. The zero-order chi connectivity index (χ0) is 12.8. The molecule has 0 atom stereocenters. The maximum Gasteiger partial charge on any atom is 0.236 e. The fourth-order valence-electron chi connectivity index (χ4n) is 1.61. The molecular formula is C12H18ClN3O. The van der Waals surface area contributed by atoms with Crippen LogP contribution in [0.2, 0.25) is 5.02 Å². The molecule has 5 heteroatoms. The standard InChI is InChI=1S/C12H18ClN3O/c1-2-3-6-16(8-12(15)17)11-7-9(13)4-5-10(11)14/h4-5,7H,2-3,6,8,14H2,1H3,(H2,15,17). The number of carbonyl (C=O) groups excluding carboxylic acids is 1. The van der Waals surface area contributed by atoms with E-state index in [1.54, 1.807) is 18.2 Å². The van der Waals surface area contributed by atoms with E-state index in [1.807, 2.05) is 4.90 Å². The normalized spacial score (nSPS) is 10.2. The first kappa shape index (κ1) is 13.6.